The Morgan fingerprint density at radius 3 is 2.18 bits per heavy atom. The van der Waals surface area contributed by atoms with Gasteiger partial charge in [0.25, 0.3) is 24.8 Å². The fourth-order valence-corrected chi connectivity index (χ4v) is 3.58. The topological polar surface area (TPSA) is 146 Å². The number of carbonyl (C=O) groups excluding carboxylic acids is 2. The predicted molar refractivity (Wildman–Crippen MR) is 104 cm³/mol. The Morgan fingerprint density at radius 1 is 1.12 bits per heavy atom. The first kappa shape index (κ1) is 25.3. The normalized spacial score (nSPS) is 15.6. The number of nitrogens with zero attached hydrogens (tertiary/aromatic N) is 5. The average molecular weight is 471 g/mol. The third-order valence-electron chi connectivity index (χ3n) is 5.13. The number of carboxylic acid groups (broad SMARTS) is 2. The Labute approximate surface area is 185 Å². The molecule has 0 radical (unpaired) electrons. The van der Waals surface area contributed by atoms with Crippen molar-refractivity contribution >= 4 is 24.8 Å². The Bertz CT molecular complexity index is 1010. The Morgan fingerprint density at radius 2 is 1.73 bits per heavy atom. The van der Waals surface area contributed by atoms with Crippen LogP contribution in [0, 0.1) is 0 Å². The van der Waals surface area contributed by atoms with E-state index in [1.165, 1.54) is 21.8 Å². The summed E-state index contributed by atoms with van der Waals surface area (Å²) in [7, 11) is 1.72. The van der Waals surface area contributed by atoms with Crippen molar-refractivity contribution in [2.24, 2.45) is 7.05 Å². The zero-order valence-corrected chi connectivity index (χ0v) is 17.3. The van der Waals surface area contributed by atoms with Crippen LogP contribution in [0.5, 0.6) is 0 Å². The van der Waals surface area contributed by atoms with Gasteiger partial charge in [-0.2, -0.15) is 18.3 Å². The van der Waals surface area contributed by atoms with E-state index in [0.29, 0.717) is 25.2 Å². The van der Waals surface area contributed by atoms with Gasteiger partial charge in [0.1, 0.15) is 5.69 Å². The summed E-state index contributed by atoms with van der Waals surface area (Å²) in [6.07, 6.45) is 0.255. The van der Waals surface area contributed by atoms with Gasteiger partial charge in [-0.05, 0) is 18.6 Å². The van der Waals surface area contributed by atoms with Crippen LogP contribution in [-0.2, 0) is 22.8 Å². The minimum absolute atomic E-state index is 0.0587. The van der Waals surface area contributed by atoms with Gasteiger partial charge in [0.2, 0.25) is 0 Å². The lowest BCUT2D eigenvalue weighted by Crippen LogP contribution is -2.78. The molecule has 0 unspecified atom stereocenters. The smallest absolute Gasteiger partial charge is 0.433 e. The van der Waals surface area contributed by atoms with Crippen molar-refractivity contribution in [1.29, 1.82) is 0 Å². The molecule has 2 aliphatic rings. The number of hydrogen-bond acceptors (Lipinski definition) is 6. The van der Waals surface area contributed by atoms with Gasteiger partial charge >= 0.3 is 6.18 Å². The quantitative estimate of drug-likeness (QED) is 0.617. The lowest BCUT2D eigenvalue weighted by atomic mass is 9.76. The molecule has 33 heavy (non-hydrogen) atoms. The molecule has 2 aromatic heterocycles. The lowest BCUT2D eigenvalue weighted by Gasteiger charge is -2.62. The van der Waals surface area contributed by atoms with Crippen LogP contribution >= 0.6 is 0 Å². The van der Waals surface area contributed by atoms with Crippen molar-refractivity contribution in [2.75, 3.05) is 19.6 Å². The van der Waals surface area contributed by atoms with Crippen molar-refractivity contribution in [3.05, 3.63) is 47.5 Å². The molecule has 0 aliphatic carbocycles. The summed E-state index contributed by atoms with van der Waals surface area (Å²) in [5.41, 5.74) is -1.11. The molecular formula is C19H20F3N5O6. The van der Waals surface area contributed by atoms with Crippen LogP contribution in [0.1, 0.15) is 32.8 Å². The second kappa shape index (κ2) is 10.1. The van der Waals surface area contributed by atoms with Crippen molar-refractivity contribution in [3.63, 3.8) is 0 Å². The largest absolute Gasteiger partial charge is 0.483 e. The molecule has 2 N–H and O–H groups in total. The number of carbonyl (C=O) groups is 4. The molecule has 0 saturated carbocycles. The van der Waals surface area contributed by atoms with Crippen molar-refractivity contribution < 1.29 is 42.6 Å². The van der Waals surface area contributed by atoms with E-state index >= 15 is 0 Å². The number of rotatable bonds is 2. The highest BCUT2D eigenvalue weighted by molar-refractivity contribution is 5.97. The van der Waals surface area contributed by atoms with Crippen LogP contribution in [-0.4, -0.2) is 84.7 Å². The third kappa shape index (κ3) is 5.45. The van der Waals surface area contributed by atoms with E-state index in [4.69, 9.17) is 19.8 Å². The van der Waals surface area contributed by atoms with Crippen molar-refractivity contribution in [3.8, 4) is 0 Å². The molecule has 4 heterocycles. The summed E-state index contributed by atoms with van der Waals surface area (Å²) >= 11 is 0. The first-order valence-electron chi connectivity index (χ1n) is 9.32. The molecule has 2 fully saturated rings. The molecule has 0 atom stereocenters. The van der Waals surface area contributed by atoms with E-state index in [2.05, 4.69) is 10.1 Å². The van der Waals surface area contributed by atoms with Gasteiger partial charge in [-0.25, -0.2) is 0 Å². The van der Waals surface area contributed by atoms with E-state index in [-0.39, 0.29) is 24.4 Å². The SMILES string of the molecule is Cn1cc(C(=O)N2CCC23CN(C(=O)c2ccnc(C(F)(F)F)c2)C3)cn1.O=CO.O=CO. The standard InChI is InChI=1S/C17H16F3N5O2.2CH2O2/c1-23-8-12(7-22-23)15(27)25-5-3-16(25)9-24(10-16)14(26)11-2-4-21-13(6-11)17(18,19)20;2*2-1-3/h2,4,6-8H,3,5,9-10H2,1H3;2*1H,(H,2,3). The summed E-state index contributed by atoms with van der Waals surface area (Å²) < 4.78 is 39.9. The molecule has 2 saturated heterocycles. The highest BCUT2D eigenvalue weighted by atomic mass is 19.4. The average Bonchev–Trinajstić information content (AvgIpc) is 3.13. The van der Waals surface area contributed by atoms with Gasteiger partial charge in [-0.15, -0.1) is 0 Å². The number of aryl methyl sites for hydroxylation is 1. The van der Waals surface area contributed by atoms with Crippen molar-refractivity contribution in [2.45, 2.75) is 18.1 Å². The first-order valence-corrected chi connectivity index (χ1v) is 9.32. The maximum atomic E-state index is 12.8. The van der Waals surface area contributed by atoms with Gasteiger partial charge < -0.3 is 20.0 Å². The number of likely N-dealkylation sites (tertiary alicyclic amines) is 2. The molecule has 2 amide bonds. The molecule has 0 bridgehead atoms. The molecular weight excluding hydrogens is 451 g/mol. The fourth-order valence-electron chi connectivity index (χ4n) is 3.58. The summed E-state index contributed by atoms with van der Waals surface area (Å²) in [4.78, 5) is 48.2. The predicted octanol–water partition coefficient (Wildman–Crippen LogP) is 0.976. The van der Waals surface area contributed by atoms with E-state index in [1.807, 2.05) is 0 Å². The number of pyridine rings is 1. The second-order valence-corrected chi connectivity index (χ2v) is 7.13. The monoisotopic (exact) mass is 471 g/mol. The number of amides is 2. The van der Waals surface area contributed by atoms with E-state index in [9.17, 15) is 22.8 Å². The Hall–Kier alpha value is -3.97. The zero-order valence-electron chi connectivity index (χ0n) is 17.3. The van der Waals surface area contributed by atoms with Crippen LogP contribution in [0.3, 0.4) is 0 Å². The Balaban J connectivity index is 0.000000582. The number of hydrogen-bond donors (Lipinski definition) is 2. The fraction of sp³-hybridized carbons (Fsp3) is 0.368. The third-order valence-corrected chi connectivity index (χ3v) is 5.13. The van der Waals surface area contributed by atoms with Crippen LogP contribution in [0.2, 0.25) is 0 Å². The lowest BCUT2D eigenvalue weighted by molar-refractivity contribution is -0.141. The minimum Gasteiger partial charge on any atom is -0.483 e. The number of halogens is 3. The molecule has 178 valence electrons. The number of alkyl halides is 3. The maximum absolute atomic E-state index is 12.8. The molecule has 11 nitrogen and oxygen atoms in total. The highest BCUT2D eigenvalue weighted by Gasteiger charge is 2.56. The molecule has 2 aromatic rings. The van der Waals surface area contributed by atoms with Crippen LogP contribution in [0.4, 0.5) is 13.2 Å². The van der Waals surface area contributed by atoms with Gasteiger partial charge in [0, 0.05) is 44.6 Å². The molecule has 1 spiro atoms. The second-order valence-electron chi connectivity index (χ2n) is 7.13. The van der Waals surface area contributed by atoms with Crippen molar-refractivity contribution in [1.82, 2.24) is 24.6 Å². The summed E-state index contributed by atoms with van der Waals surface area (Å²) in [6, 6.07) is 2.02. The van der Waals surface area contributed by atoms with Crippen LogP contribution in [0.15, 0.2) is 30.7 Å². The minimum atomic E-state index is -4.60. The maximum Gasteiger partial charge on any atom is 0.433 e. The molecule has 14 heteroatoms. The Kier molecular flexibility index (Phi) is 7.74. The van der Waals surface area contributed by atoms with Gasteiger partial charge in [-0.1, -0.05) is 0 Å². The van der Waals surface area contributed by atoms with Gasteiger partial charge in [-0.3, -0.25) is 28.8 Å². The summed E-state index contributed by atoms with van der Waals surface area (Å²) in [5.74, 6) is -0.640. The van der Waals surface area contributed by atoms with Gasteiger partial charge in [0.05, 0.1) is 17.3 Å². The first-order chi connectivity index (χ1) is 15.5. The zero-order chi connectivity index (χ0) is 24.8. The van der Waals surface area contributed by atoms with Crippen LogP contribution < -0.4 is 0 Å². The number of aromatic nitrogens is 3. The van der Waals surface area contributed by atoms with E-state index < -0.39 is 23.3 Å². The highest BCUT2D eigenvalue weighted by Crippen LogP contribution is 2.40. The summed E-state index contributed by atoms with van der Waals surface area (Å²) in [6.45, 7) is 0.701. The van der Waals surface area contributed by atoms with Crippen LogP contribution in [0.25, 0.3) is 0 Å². The molecule has 4 rings (SSSR count). The molecule has 0 aromatic carbocycles. The van der Waals surface area contributed by atoms with E-state index in [1.54, 1.807) is 18.1 Å². The van der Waals surface area contributed by atoms with E-state index in [0.717, 1.165) is 18.7 Å². The molecule has 2 aliphatic heterocycles. The van der Waals surface area contributed by atoms with Gasteiger partial charge in [0.15, 0.2) is 0 Å². The summed E-state index contributed by atoms with van der Waals surface area (Å²) in [5, 5.41) is 17.8.